The number of amides is 1. The summed E-state index contributed by atoms with van der Waals surface area (Å²) in [7, 11) is 1.69. The van der Waals surface area contributed by atoms with Gasteiger partial charge in [0, 0.05) is 18.5 Å². The van der Waals surface area contributed by atoms with E-state index < -0.39 is 35.9 Å². The van der Waals surface area contributed by atoms with E-state index in [0.717, 1.165) is 23.5 Å². The molecule has 3 N–H and O–H groups in total. The topological polar surface area (TPSA) is 95.1 Å². The highest BCUT2D eigenvalue weighted by atomic mass is 32.1. The summed E-state index contributed by atoms with van der Waals surface area (Å²) < 4.78 is 49.1. The zero-order chi connectivity index (χ0) is 22.1. The number of carbonyl (C=O) groups is 1. The first kappa shape index (κ1) is 21.5. The first-order chi connectivity index (χ1) is 14.8. The number of benzene rings is 1. The van der Waals surface area contributed by atoms with Crippen molar-refractivity contribution in [2.45, 2.75) is 31.2 Å². The summed E-state index contributed by atoms with van der Waals surface area (Å²) in [5.41, 5.74) is 6.47. The molecule has 164 valence electrons. The molecule has 0 bridgehead atoms. The Morgan fingerprint density at radius 3 is 2.81 bits per heavy atom. The number of aromatic nitrogens is 3. The summed E-state index contributed by atoms with van der Waals surface area (Å²) in [5.74, 6) is -2.08. The molecule has 1 aliphatic rings. The fourth-order valence-corrected chi connectivity index (χ4v) is 4.31. The summed E-state index contributed by atoms with van der Waals surface area (Å²) in [6, 6.07) is 2.90. The van der Waals surface area contributed by atoms with E-state index in [0.29, 0.717) is 24.2 Å². The largest absolute Gasteiger partial charge is 0.369 e. The molecule has 1 aromatic carbocycles. The van der Waals surface area contributed by atoms with Crippen LogP contribution in [-0.2, 0) is 11.8 Å². The minimum Gasteiger partial charge on any atom is -0.369 e. The molecule has 31 heavy (non-hydrogen) atoms. The van der Waals surface area contributed by atoms with Crippen LogP contribution >= 0.6 is 11.3 Å². The number of anilines is 1. The Kier molecular flexibility index (Phi) is 6.08. The zero-order valence-corrected chi connectivity index (χ0v) is 17.3. The van der Waals surface area contributed by atoms with Crippen LogP contribution in [0.15, 0.2) is 29.8 Å². The van der Waals surface area contributed by atoms with E-state index >= 15 is 0 Å². The van der Waals surface area contributed by atoms with Crippen LogP contribution in [0.25, 0.3) is 10.6 Å². The first-order valence-electron chi connectivity index (χ1n) is 9.59. The van der Waals surface area contributed by atoms with Gasteiger partial charge in [-0.2, -0.15) is 5.10 Å². The van der Waals surface area contributed by atoms with Crippen molar-refractivity contribution in [3.05, 3.63) is 52.8 Å². The Labute approximate surface area is 180 Å². The molecule has 1 aliphatic heterocycles. The SMILES string of the molecule is Cn1ncc(NC(=O)c2csc(-c3c(F)cccc3F)n2)c1[C@@H]1CCC(N)[C@H](F)CO1. The minimum atomic E-state index is -1.26. The number of aryl methyl sites for hydroxylation is 1. The maximum atomic E-state index is 14.0. The molecule has 1 fully saturated rings. The molecule has 3 atom stereocenters. The van der Waals surface area contributed by atoms with Gasteiger partial charge >= 0.3 is 0 Å². The van der Waals surface area contributed by atoms with Crippen LogP contribution in [0.1, 0.15) is 35.1 Å². The van der Waals surface area contributed by atoms with Crippen LogP contribution in [0.3, 0.4) is 0 Å². The van der Waals surface area contributed by atoms with Gasteiger partial charge in [-0.05, 0) is 25.0 Å². The van der Waals surface area contributed by atoms with E-state index in [1.165, 1.54) is 17.6 Å². The summed E-state index contributed by atoms with van der Waals surface area (Å²) in [6.07, 6.45) is 0.598. The third-order valence-electron chi connectivity index (χ3n) is 5.13. The number of ether oxygens (including phenoxy) is 1. The Balaban J connectivity index is 1.55. The maximum Gasteiger partial charge on any atom is 0.275 e. The summed E-state index contributed by atoms with van der Waals surface area (Å²) in [4.78, 5) is 16.8. The lowest BCUT2D eigenvalue weighted by atomic mass is 10.0. The third kappa shape index (κ3) is 4.34. The Morgan fingerprint density at radius 2 is 2.06 bits per heavy atom. The van der Waals surface area contributed by atoms with Gasteiger partial charge in [0.1, 0.15) is 34.6 Å². The smallest absolute Gasteiger partial charge is 0.275 e. The Hall–Kier alpha value is -2.76. The quantitative estimate of drug-likeness (QED) is 0.632. The van der Waals surface area contributed by atoms with Crippen LogP contribution in [0.4, 0.5) is 18.9 Å². The molecule has 0 spiro atoms. The average molecular weight is 451 g/mol. The van der Waals surface area contributed by atoms with Gasteiger partial charge in [0.05, 0.1) is 29.7 Å². The standard InChI is InChI=1S/C20H20F3N5O2S/c1-28-18(16-6-5-13(24)12(23)8-30-16)14(7-25-28)26-19(29)15-9-31-20(27-15)17-10(21)3-2-4-11(17)22/h2-4,7,9,12-13,16H,5-6,8,24H2,1H3,(H,26,29)/t12-,13?,16+/m1/s1. The van der Waals surface area contributed by atoms with Gasteiger partial charge in [0.25, 0.3) is 5.91 Å². The molecule has 2 aromatic heterocycles. The van der Waals surface area contributed by atoms with Gasteiger partial charge in [-0.25, -0.2) is 18.2 Å². The number of nitrogens with zero attached hydrogens (tertiary/aromatic N) is 3. The van der Waals surface area contributed by atoms with Crippen molar-refractivity contribution < 1.29 is 22.7 Å². The van der Waals surface area contributed by atoms with Crippen LogP contribution in [0, 0.1) is 11.6 Å². The van der Waals surface area contributed by atoms with E-state index in [9.17, 15) is 18.0 Å². The molecule has 3 aromatic rings. The highest BCUT2D eigenvalue weighted by Crippen LogP contribution is 2.33. The fourth-order valence-electron chi connectivity index (χ4n) is 3.46. The van der Waals surface area contributed by atoms with Crippen LogP contribution in [-0.4, -0.2) is 39.5 Å². The molecule has 1 unspecified atom stereocenters. The fraction of sp³-hybridized carbons (Fsp3) is 0.350. The van der Waals surface area contributed by atoms with Gasteiger partial charge < -0.3 is 15.8 Å². The zero-order valence-electron chi connectivity index (χ0n) is 16.5. The second-order valence-electron chi connectivity index (χ2n) is 7.23. The van der Waals surface area contributed by atoms with Gasteiger partial charge in [0.15, 0.2) is 0 Å². The minimum absolute atomic E-state index is 0.00471. The number of alkyl halides is 1. The highest BCUT2D eigenvalue weighted by molar-refractivity contribution is 7.13. The molecule has 1 amide bonds. The lowest BCUT2D eigenvalue weighted by Gasteiger charge is -2.17. The molecule has 3 heterocycles. The second kappa shape index (κ2) is 8.77. The van der Waals surface area contributed by atoms with Crippen LogP contribution in [0.5, 0.6) is 0 Å². The van der Waals surface area contributed by atoms with Crippen molar-refractivity contribution in [2.75, 3.05) is 11.9 Å². The normalized spacial score (nSPS) is 21.6. The average Bonchev–Trinajstić information content (AvgIpc) is 3.31. The molecular formula is C20H20F3N5O2S. The van der Waals surface area contributed by atoms with Crippen molar-refractivity contribution in [3.8, 4) is 10.6 Å². The highest BCUT2D eigenvalue weighted by Gasteiger charge is 2.30. The number of carbonyl (C=O) groups excluding carboxylic acids is 1. The van der Waals surface area contributed by atoms with Gasteiger partial charge in [-0.3, -0.25) is 9.48 Å². The van der Waals surface area contributed by atoms with E-state index in [2.05, 4.69) is 15.4 Å². The first-order valence-corrected chi connectivity index (χ1v) is 10.5. The van der Waals surface area contributed by atoms with Gasteiger partial charge in [0.2, 0.25) is 0 Å². The number of hydrogen-bond donors (Lipinski definition) is 2. The van der Waals surface area contributed by atoms with Crippen LogP contribution < -0.4 is 11.1 Å². The second-order valence-corrected chi connectivity index (χ2v) is 8.09. The monoisotopic (exact) mass is 451 g/mol. The number of halogens is 3. The van der Waals surface area contributed by atoms with E-state index in [1.807, 2.05) is 0 Å². The molecule has 0 aliphatic carbocycles. The third-order valence-corrected chi connectivity index (χ3v) is 5.99. The number of rotatable bonds is 4. The molecule has 7 nitrogen and oxygen atoms in total. The van der Waals surface area contributed by atoms with Crippen molar-refractivity contribution in [3.63, 3.8) is 0 Å². The molecule has 0 saturated carbocycles. The summed E-state index contributed by atoms with van der Waals surface area (Å²) >= 11 is 0.958. The Morgan fingerprint density at radius 1 is 1.32 bits per heavy atom. The van der Waals surface area contributed by atoms with Crippen molar-refractivity contribution in [1.29, 1.82) is 0 Å². The molecule has 0 radical (unpaired) electrons. The van der Waals surface area contributed by atoms with E-state index in [4.69, 9.17) is 10.5 Å². The lowest BCUT2D eigenvalue weighted by Crippen LogP contribution is -2.32. The van der Waals surface area contributed by atoms with Gasteiger partial charge in [-0.15, -0.1) is 11.3 Å². The number of hydrogen-bond acceptors (Lipinski definition) is 6. The summed E-state index contributed by atoms with van der Waals surface area (Å²) in [6.45, 7) is -0.145. The van der Waals surface area contributed by atoms with Crippen molar-refractivity contribution >= 4 is 22.9 Å². The van der Waals surface area contributed by atoms with E-state index in [1.54, 1.807) is 11.7 Å². The van der Waals surface area contributed by atoms with Crippen molar-refractivity contribution in [1.82, 2.24) is 14.8 Å². The predicted octanol–water partition coefficient (Wildman–Crippen LogP) is 3.59. The number of thiazole rings is 1. The van der Waals surface area contributed by atoms with Crippen molar-refractivity contribution in [2.24, 2.45) is 12.8 Å². The molecule has 11 heteroatoms. The van der Waals surface area contributed by atoms with Crippen LogP contribution in [0.2, 0.25) is 0 Å². The van der Waals surface area contributed by atoms with E-state index in [-0.39, 0.29) is 22.9 Å². The van der Waals surface area contributed by atoms with Gasteiger partial charge in [-0.1, -0.05) is 6.07 Å². The predicted molar refractivity (Wildman–Crippen MR) is 109 cm³/mol. The molecule has 4 rings (SSSR count). The molecule has 1 saturated heterocycles. The number of nitrogens with one attached hydrogen (secondary N) is 1. The molecular weight excluding hydrogens is 431 g/mol. The Bertz CT molecular complexity index is 1070. The lowest BCUT2D eigenvalue weighted by molar-refractivity contribution is 0.0247. The summed E-state index contributed by atoms with van der Waals surface area (Å²) in [5, 5.41) is 8.35. The maximum absolute atomic E-state index is 14.0. The number of nitrogens with two attached hydrogens (primary N) is 1.